The van der Waals surface area contributed by atoms with E-state index < -0.39 is 0 Å². The zero-order chi connectivity index (χ0) is 14.7. The molecule has 0 saturated heterocycles. The number of nitrogens with one attached hydrogen (secondary N) is 1. The summed E-state index contributed by atoms with van der Waals surface area (Å²) in [5.74, 6) is 0. The first kappa shape index (κ1) is 15.6. The SMILES string of the molecule is CCC(NC(C)c1cc(C)sc1C)c1cccc(Cl)c1. The Morgan fingerprint density at radius 3 is 2.55 bits per heavy atom. The summed E-state index contributed by atoms with van der Waals surface area (Å²) in [5, 5.41) is 4.53. The predicted octanol–water partition coefficient (Wildman–Crippen LogP) is 5.82. The Hall–Kier alpha value is -0.830. The summed E-state index contributed by atoms with van der Waals surface area (Å²) in [6.07, 6.45) is 1.05. The summed E-state index contributed by atoms with van der Waals surface area (Å²) >= 11 is 7.97. The fourth-order valence-electron chi connectivity index (χ4n) is 2.65. The van der Waals surface area contributed by atoms with Gasteiger partial charge in [0.25, 0.3) is 0 Å². The second-order valence-electron chi connectivity index (χ2n) is 5.27. The molecule has 20 heavy (non-hydrogen) atoms. The molecular weight excluding hydrogens is 286 g/mol. The molecule has 108 valence electrons. The van der Waals surface area contributed by atoms with Gasteiger partial charge in [0.15, 0.2) is 0 Å². The largest absolute Gasteiger partial charge is 0.303 e. The Balaban J connectivity index is 2.16. The standard InChI is InChI=1S/C17H22ClNS/c1-5-17(14-7-6-8-15(18)10-14)19-12(3)16-9-11(2)20-13(16)4/h6-10,12,17,19H,5H2,1-4H3. The van der Waals surface area contributed by atoms with Crippen LogP contribution >= 0.6 is 22.9 Å². The molecule has 1 aromatic heterocycles. The highest BCUT2D eigenvalue weighted by Gasteiger charge is 2.16. The number of hydrogen-bond acceptors (Lipinski definition) is 2. The highest BCUT2D eigenvalue weighted by atomic mass is 35.5. The zero-order valence-corrected chi connectivity index (χ0v) is 14.1. The number of rotatable bonds is 5. The van der Waals surface area contributed by atoms with Gasteiger partial charge in [-0.3, -0.25) is 0 Å². The second kappa shape index (κ2) is 6.75. The second-order valence-corrected chi connectivity index (χ2v) is 7.17. The van der Waals surface area contributed by atoms with Crippen LogP contribution in [-0.2, 0) is 0 Å². The highest BCUT2D eigenvalue weighted by molar-refractivity contribution is 7.12. The van der Waals surface area contributed by atoms with Crippen LogP contribution in [0.25, 0.3) is 0 Å². The lowest BCUT2D eigenvalue weighted by atomic mass is 10.0. The number of aryl methyl sites for hydroxylation is 2. The normalized spacial score (nSPS) is 14.2. The molecule has 0 bridgehead atoms. The van der Waals surface area contributed by atoms with Gasteiger partial charge in [0, 0.05) is 26.9 Å². The van der Waals surface area contributed by atoms with Gasteiger partial charge in [0.2, 0.25) is 0 Å². The molecule has 0 amide bonds. The minimum absolute atomic E-state index is 0.336. The van der Waals surface area contributed by atoms with Crippen molar-refractivity contribution >= 4 is 22.9 Å². The Kier molecular flexibility index (Phi) is 5.25. The molecule has 1 nitrogen and oxygen atoms in total. The Morgan fingerprint density at radius 1 is 1.25 bits per heavy atom. The Morgan fingerprint density at radius 2 is 2.00 bits per heavy atom. The van der Waals surface area contributed by atoms with Crippen LogP contribution in [0, 0.1) is 13.8 Å². The molecule has 0 aliphatic carbocycles. The summed E-state index contributed by atoms with van der Waals surface area (Å²) < 4.78 is 0. The number of hydrogen-bond donors (Lipinski definition) is 1. The van der Waals surface area contributed by atoms with Gasteiger partial charge in [0.05, 0.1) is 0 Å². The number of halogens is 1. The quantitative estimate of drug-likeness (QED) is 0.734. The van der Waals surface area contributed by atoms with Gasteiger partial charge in [0.1, 0.15) is 0 Å². The van der Waals surface area contributed by atoms with Gasteiger partial charge >= 0.3 is 0 Å². The lowest BCUT2D eigenvalue weighted by molar-refractivity contribution is 0.456. The maximum atomic E-state index is 6.10. The molecule has 0 spiro atoms. The molecule has 0 radical (unpaired) electrons. The average Bonchev–Trinajstić information content (AvgIpc) is 2.75. The van der Waals surface area contributed by atoms with Crippen molar-refractivity contribution in [1.82, 2.24) is 5.32 Å². The van der Waals surface area contributed by atoms with E-state index in [4.69, 9.17) is 11.6 Å². The van der Waals surface area contributed by atoms with E-state index in [9.17, 15) is 0 Å². The monoisotopic (exact) mass is 307 g/mol. The van der Waals surface area contributed by atoms with E-state index >= 15 is 0 Å². The molecule has 1 heterocycles. The first-order valence-electron chi connectivity index (χ1n) is 7.09. The van der Waals surface area contributed by atoms with Gasteiger partial charge in [-0.25, -0.2) is 0 Å². The lowest BCUT2D eigenvalue weighted by Crippen LogP contribution is -2.24. The van der Waals surface area contributed by atoms with Gasteiger partial charge < -0.3 is 5.32 Å². The van der Waals surface area contributed by atoms with E-state index in [0.717, 1.165) is 11.4 Å². The summed E-state index contributed by atoms with van der Waals surface area (Å²) in [6, 6.07) is 11.1. The van der Waals surface area contributed by atoms with Crippen LogP contribution in [0.5, 0.6) is 0 Å². The molecule has 0 aliphatic rings. The maximum absolute atomic E-state index is 6.10. The molecule has 3 heteroatoms. The zero-order valence-electron chi connectivity index (χ0n) is 12.5. The van der Waals surface area contributed by atoms with Gasteiger partial charge in [-0.05, 0) is 56.5 Å². The van der Waals surface area contributed by atoms with Crippen molar-refractivity contribution in [1.29, 1.82) is 0 Å². The molecule has 1 N–H and O–H groups in total. The van der Waals surface area contributed by atoms with Crippen LogP contribution in [0.15, 0.2) is 30.3 Å². The first-order chi connectivity index (χ1) is 9.51. The summed E-state index contributed by atoms with van der Waals surface area (Å²) in [7, 11) is 0. The molecule has 2 rings (SSSR count). The van der Waals surface area contributed by atoms with E-state index in [1.54, 1.807) is 0 Å². The van der Waals surface area contributed by atoms with Crippen molar-refractivity contribution in [2.45, 2.75) is 46.2 Å². The lowest BCUT2D eigenvalue weighted by Gasteiger charge is -2.23. The van der Waals surface area contributed by atoms with Crippen LogP contribution in [-0.4, -0.2) is 0 Å². The molecular formula is C17H22ClNS. The van der Waals surface area contributed by atoms with Gasteiger partial charge in [-0.15, -0.1) is 11.3 Å². The highest BCUT2D eigenvalue weighted by Crippen LogP contribution is 2.29. The summed E-state index contributed by atoms with van der Waals surface area (Å²) in [4.78, 5) is 2.78. The topological polar surface area (TPSA) is 12.0 Å². The minimum atomic E-state index is 0.336. The van der Waals surface area contributed by atoms with Crippen molar-refractivity contribution in [2.75, 3.05) is 0 Å². The van der Waals surface area contributed by atoms with E-state index in [2.05, 4.69) is 51.2 Å². The van der Waals surface area contributed by atoms with Crippen molar-refractivity contribution in [2.24, 2.45) is 0 Å². The average molecular weight is 308 g/mol. The molecule has 2 atom stereocenters. The van der Waals surface area contributed by atoms with Crippen molar-refractivity contribution in [3.63, 3.8) is 0 Å². The van der Waals surface area contributed by atoms with E-state index in [-0.39, 0.29) is 0 Å². The van der Waals surface area contributed by atoms with Crippen molar-refractivity contribution in [3.8, 4) is 0 Å². The molecule has 0 saturated carbocycles. The summed E-state index contributed by atoms with van der Waals surface area (Å²) in [6.45, 7) is 8.81. The van der Waals surface area contributed by atoms with Crippen LogP contribution in [0.1, 0.15) is 53.2 Å². The minimum Gasteiger partial charge on any atom is -0.303 e. The third-order valence-electron chi connectivity index (χ3n) is 3.66. The molecule has 2 aromatic rings. The van der Waals surface area contributed by atoms with Gasteiger partial charge in [-0.1, -0.05) is 30.7 Å². The molecule has 1 aromatic carbocycles. The van der Waals surface area contributed by atoms with E-state index in [0.29, 0.717) is 12.1 Å². The third kappa shape index (κ3) is 3.63. The first-order valence-corrected chi connectivity index (χ1v) is 8.29. The Labute approximate surface area is 131 Å². The van der Waals surface area contributed by atoms with Crippen LogP contribution in [0.3, 0.4) is 0 Å². The smallest absolute Gasteiger partial charge is 0.0409 e. The predicted molar refractivity (Wildman–Crippen MR) is 89.8 cm³/mol. The van der Waals surface area contributed by atoms with Gasteiger partial charge in [-0.2, -0.15) is 0 Å². The third-order valence-corrected chi connectivity index (χ3v) is 4.87. The maximum Gasteiger partial charge on any atom is 0.0409 e. The van der Waals surface area contributed by atoms with Crippen LogP contribution < -0.4 is 5.32 Å². The van der Waals surface area contributed by atoms with Crippen LogP contribution in [0.2, 0.25) is 5.02 Å². The van der Waals surface area contributed by atoms with Crippen molar-refractivity contribution in [3.05, 3.63) is 56.2 Å². The van der Waals surface area contributed by atoms with Crippen LogP contribution in [0.4, 0.5) is 0 Å². The fraction of sp³-hybridized carbons (Fsp3) is 0.412. The van der Waals surface area contributed by atoms with E-state index in [1.807, 2.05) is 23.5 Å². The Bertz CT molecular complexity index is 576. The summed E-state index contributed by atoms with van der Waals surface area (Å²) in [5.41, 5.74) is 2.67. The number of thiophene rings is 1. The van der Waals surface area contributed by atoms with E-state index in [1.165, 1.54) is 20.9 Å². The fourth-order valence-corrected chi connectivity index (χ4v) is 3.87. The number of benzene rings is 1. The molecule has 2 unspecified atom stereocenters. The van der Waals surface area contributed by atoms with Crippen molar-refractivity contribution < 1.29 is 0 Å². The molecule has 0 aliphatic heterocycles. The molecule has 0 fully saturated rings.